The van der Waals surface area contributed by atoms with Crippen molar-refractivity contribution < 1.29 is 0 Å². The fraction of sp³-hybridized carbons (Fsp3) is 0.267. The molecule has 0 aliphatic carbocycles. The Kier molecular flexibility index (Phi) is 3.83. The molecule has 110 valence electrons. The van der Waals surface area contributed by atoms with Gasteiger partial charge in [-0.1, -0.05) is 37.2 Å². The highest BCUT2D eigenvalue weighted by atomic mass is 32.1. The summed E-state index contributed by atoms with van der Waals surface area (Å²) in [4.78, 5) is 4.77. The maximum atomic E-state index is 4.77. The molecule has 0 radical (unpaired) electrons. The Morgan fingerprint density at radius 3 is 1.83 bits per heavy atom. The molecule has 1 nitrogen and oxygen atoms in total. The predicted molar refractivity (Wildman–Crippen MR) is 125 cm³/mol. The third-order valence-electron chi connectivity index (χ3n) is 5.34. The van der Waals surface area contributed by atoms with Gasteiger partial charge in [-0.25, -0.2) is 0 Å². The minimum Gasteiger partial charge on any atom is -0.279 e. The zero-order valence-corrected chi connectivity index (χ0v) is 16.7. The third-order valence-corrected chi connectivity index (χ3v) is 6.66. The molecule has 23 heavy (non-hydrogen) atoms. The maximum Gasteiger partial charge on any atom is 0.165 e. The van der Waals surface area contributed by atoms with E-state index < -0.39 is 0 Å². The van der Waals surface area contributed by atoms with Crippen LogP contribution in [0.25, 0.3) is 20.2 Å². The van der Waals surface area contributed by atoms with Gasteiger partial charge in [-0.2, -0.15) is 0 Å². The summed E-state index contributed by atoms with van der Waals surface area (Å²) in [5.41, 5.74) is 9.64. The number of rotatable bonds is 0. The van der Waals surface area contributed by atoms with Crippen LogP contribution in [-0.4, -0.2) is 52.1 Å². The lowest BCUT2D eigenvalue weighted by Gasteiger charge is -2.26. The van der Waals surface area contributed by atoms with E-state index in [2.05, 4.69) is 67.8 Å². The molecule has 0 aliphatic heterocycles. The van der Waals surface area contributed by atoms with Crippen LogP contribution in [-0.2, 0) is 5.41 Å². The predicted octanol–water partition coefficient (Wildman–Crippen LogP) is -5.70. The van der Waals surface area contributed by atoms with Crippen LogP contribution in [0.3, 0.4) is 0 Å². The van der Waals surface area contributed by atoms with Crippen LogP contribution < -0.4 is 33.0 Å². The second kappa shape index (κ2) is 5.24. The monoisotopic (exact) mass is 313 g/mol. The molecule has 3 aromatic rings. The van der Waals surface area contributed by atoms with E-state index in [1.165, 1.54) is 53.2 Å². The molecule has 8 heteroatoms. The molecule has 3 rings (SSSR count). The minimum atomic E-state index is 0.145. The number of hydrogen-bond acceptors (Lipinski definition) is 2. The van der Waals surface area contributed by atoms with Crippen molar-refractivity contribution in [3.05, 3.63) is 5.56 Å². The lowest BCUT2D eigenvalue weighted by Crippen LogP contribution is -2.44. The van der Waals surface area contributed by atoms with Gasteiger partial charge < -0.3 is 0 Å². The number of benzene rings is 1. The van der Waals surface area contributed by atoms with Crippen LogP contribution in [0.5, 0.6) is 0 Å². The summed E-state index contributed by atoms with van der Waals surface area (Å²) in [5, 5.41) is 2.89. The van der Waals surface area contributed by atoms with E-state index in [0.717, 1.165) is 5.59 Å². The van der Waals surface area contributed by atoms with Crippen LogP contribution in [0.2, 0.25) is 0 Å². The van der Waals surface area contributed by atoms with E-state index in [9.17, 15) is 0 Å². The molecule has 2 aromatic heterocycles. The van der Waals surface area contributed by atoms with Crippen molar-refractivity contribution in [2.45, 2.75) is 26.2 Å². The molecule has 0 fully saturated rings. The molecule has 2 heterocycles. The molecule has 0 atom stereocenters. The average Bonchev–Trinajstić information content (AvgIpc) is 2.81. The van der Waals surface area contributed by atoms with Gasteiger partial charge in [-0.3, -0.25) is 4.98 Å². The summed E-state index contributed by atoms with van der Waals surface area (Å²) in [6, 6.07) is 0. The van der Waals surface area contributed by atoms with Gasteiger partial charge >= 0.3 is 0 Å². The molecule has 0 amide bonds. The van der Waals surface area contributed by atoms with Gasteiger partial charge in [0.05, 0.1) is 0 Å². The number of pyridine rings is 1. The summed E-state index contributed by atoms with van der Waals surface area (Å²) in [7, 11) is 13.4. The van der Waals surface area contributed by atoms with Crippen LogP contribution in [0, 0.1) is 0 Å². The standard InChI is InChI=1S/C15H21B6NS/c1-15(2,3)6-9(18)10(19)7(16)4-5-8(17)13(20)22-14(21)12(5)23-11(4)6/h16-21H2,1-3H3. The quantitative estimate of drug-likeness (QED) is 0.377. The number of fused-ring (bicyclic) bond motifs is 3. The summed E-state index contributed by atoms with van der Waals surface area (Å²) in [5.74, 6) is 0. The molecule has 0 aliphatic rings. The zero-order valence-electron chi connectivity index (χ0n) is 15.9. The van der Waals surface area contributed by atoms with Crippen molar-refractivity contribution >= 4 is 112 Å². The number of nitrogens with zero attached hydrogens (tertiary/aromatic N) is 1. The first kappa shape index (κ1) is 16.8. The van der Waals surface area contributed by atoms with Crippen molar-refractivity contribution in [1.82, 2.24) is 4.98 Å². The van der Waals surface area contributed by atoms with Crippen LogP contribution >= 0.6 is 11.3 Å². The van der Waals surface area contributed by atoms with Crippen molar-refractivity contribution in [2.75, 3.05) is 0 Å². The molecule has 0 saturated heterocycles. The lowest BCUT2D eigenvalue weighted by molar-refractivity contribution is 0.601. The smallest absolute Gasteiger partial charge is 0.165 e. The molecular formula is C15H21B6NS. The Balaban J connectivity index is 2.71. The van der Waals surface area contributed by atoms with Gasteiger partial charge in [0.15, 0.2) is 15.7 Å². The number of thiophene rings is 1. The third kappa shape index (κ3) is 2.33. The van der Waals surface area contributed by atoms with Gasteiger partial charge in [0.1, 0.15) is 31.4 Å². The van der Waals surface area contributed by atoms with E-state index in [1.807, 2.05) is 11.3 Å². The molecule has 0 spiro atoms. The van der Waals surface area contributed by atoms with E-state index >= 15 is 0 Å². The van der Waals surface area contributed by atoms with Crippen molar-refractivity contribution in [1.29, 1.82) is 0 Å². The molecule has 1 aromatic carbocycles. The first-order valence-corrected chi connectivity index (χ1v) is 9.17. The SMILES string of the molecule is Bc1nc(B)c2sc3c(C(C)(C)C)c(B)c(B)c(B)c3c2c1B. The summed E-state index contributed by atoms with van der Waals surface area (Å²) < 4.78 is 2.83. The van der Waals surface area contributed by atoms with E-state index in [0.29, 0.717) is 0 Å². The van der Waals surface area contributed by atoms with Gasteiger partial charge in [0.2, 0.25) is 0 Å². The average molecular weight is 312 g/mol. The van der Waals surface area contributed by atoms with Crippen LogP contribution in [0.4, 0.5) is 0 Å². The van der Waals surface area contributed by atoms with Crippen LogP contribution in [0.15, 0.2) is 0 Å². The Morgan fingerprint density at radius 2 is 1.26 bits per heavy atom. The van der Waals surface area contributed by atoms with Crippen molar-refractivity contribution in [2.24, 2.45) is 0 Å². The van der Waals surface area contributed by atoms with E-state index in [-0.39, 0.29) is 5.41 Å². The summed E-state index contributed by atoms with van der Waals surface area (Å²) in [6.45, 7) is 6.99. The fourth-order valence-electron chi connectivity index (χ4n) is 3.87. The fourth-order valence-corrected chi connectivity index (χ4v) is 5.55. The molecule has 0 saturated carbocycles. The highest BCUT2D eigenvalue weighted by Gasteiger charge is 2.25. The van der Waals surface area contributed by atoms with Gasteiger partial charge in [-0.05, 0) is 27.3 Å². The molecule has 0 N–H and O–H groups in total. The highest BCUT2D eigenvalue weighted by molar-refractivity contribution is 7.27. The van der Waals surface area contributed by atoms with Crippen LogP contribution in [0.1, 0.15) is 26.3 Å². The summed E-state index contributed by atoms with van der Waals surface area (Å²) in [6.07, 6.45) is 0. The largest absolute Gasteiger partial charge is 0.279 e. The minimum absolute atomic E-state index is 0.145. The first-order valence-electron chi connectivity index (χ1n) is 8.36. The second-order valence-electron chi connectivity index (χ2n) is 7.92. The number of hydrogen-bond donors (Lipinski definition) is 0. The Hall–Kier alpha value is -1.02. The molecule has 0 unspecified atom stereocenters. The lowest BCUT2D eigenvalue weighted by atomic mass is 9.65. The topological polar surface area (TPSA) is 12.9 Å². The van der Waals surface area contributed by atoms with Gasteiger partial charge in [0.25, 0.3) is 0 Å². The number of aromatic nitrogens is 1. The zero-order chi connectivity index (χ0) is 17.3. The molecular weight excluding hydrogens is 291 g/mol. The maximum absolute atomic E-state index is 4.77. The van der Waals surface area contributed by atoms with Gasteiger partial charge in [-0.15, -0.1) is 16.8 Å². The summed E-state index contributed by atoms with van der Waals surface area (Å²) >= 11 is 1.94. The van der Waals surface area contributed by atoms with Gasteiger partial charge in [0, 0.05) is 15.0 Å². The Morgan fingerprint density at radius 1 is 0.696 bits per heavy atom. The molecule has 0 bridgehead atoms. The van der Waals surface area contributed by atoms with Crippen molar-refractivity contribution in [3.63, 3.8) is 0 Å². The van der Waals surface area contributed by atoms with E-state index in [1.54, 1.807) is 0 Å². The highest BCUT2D eigenvalue weighted by Crippen LogP contribution is 2.36. The normalized spacial score (nSPS) is 12.3. The first-order chi connectivity index (χ1) is 10.6. The Bertz CT molecular complexity index is 970. The van der Waals surface area contributed by atoms with Crippen molar-refractivity contribution in [3.8, 4) is 0 Å². The second-order valence-corrected chi connectivity index (χ2v) is 8.94. The van der Waals surface area contributed by atoms with E-state index in [4.69, 9.17) is 4.98 Å². The Labute approximate surface area is 148 Å².